The van der Waals surface area contributed by atoms with E-state index in [0.717, 1.165) is 30.6 Å². The number of rotatable bonds is 7. The molecule has 1 amide bonds. The smallest absolute Gasteiger partial charge is 0.274 e. The van der Waals surface area contributed by atoms with E-state index in [9.17, 15) is 4.79 Å². The fourth-order valence-corrected chi connectivity index (χ4v) is 2.78. The van der Waals surface area contributed by atoms with Crippen LogP contribution in [-0.2, 0) is 12.8 Å². The second kappa shape index (κ2) is 8.89. The summed E-state index contributed by atoms with van der Waals surface area (Å²) in [5.74, 6) is 0.482. The van der Waals surface area contributed by atoms with Crippen LogP contribution >= 0.6 is 0 Å². The molecule has 0 aliphatic rings. The third kappa shape index (κ3) is 4.88. The number of nitrogens with zero attached hydrogens (tertiary/aromatic N) is 4. The van der Waals surface area contributed by atoms with Gasteiger partial charge in [-0.05, 0) is 42.2 Å². The van der Waals surface area contributed by atoms with Crippen molar-refractivity contribution in [2.45, 2.75) is 19.8 Å². The van der Waals surface area contributed by atoms with Crippen LogP contribution < -0.4 is 10.2 Å². The molecule has 0 spiro atoms. The van der Waals surface area contributed by atoms with E-state index in [1.807, 2.05) is 48.3 Å². The summed E-state index contributed by atoms with van der Waals surface area (Å²) >= 11 is 0. The highest BCUT2D eigenvalue weighted by Gasteiger charge is 2.12. The largest absolute Gasteiger partial charge is 0.359 e. The number of likely N-dealkylation sites (N-methyl/N-ethyl adjacent to an activating group) is 1. The van der Waals surface area contributed by atoms with Crippen molar-refractivity contribution in [2.24, 2.45) is 0 Å². The number of aromatic nitrogens is 3. The molecule has 0 aliphatic heterocycles. The average Bonchev–Trinajstić information content (AvgIpc) is 2.73. The molecule has 3 aromatic rings. The van der Waals surface area contributed by atoms with Crippen LogP contribution in [0.4, 0.5) is 11.5 Å². The fourth-order valence-electron chi connectivity index (χ4n) is 2.78. The van der Waals surface area contributed by atoms with Crippen LogP contribution in [0, 0.1) is 0 Å². The van der Waals surface area contributed by atoms with Gasteiger partial charge in [0.1, 0.15) is 17.8 Å². The third-order valence-corrected chi connectivity index (χ3v) is 4.41. The minimum Gasteiger partial charge on any atom is -0.359 e. The maximum absolute atomic E-state index is 12.6. The molecule has 1 aromatic carbocycles. The van der Waals surface area contributed by atoms with E-state index >= 15 is 0 Å². The lowest BCUT2D eigenvalue weighted by atomic mass is 10.1. The number of nitrogens with one attached hydrogen (secondary N) is 1. The Bertz CT molecular complexity index is 898. The molecule has 1 N–H and O–H groups in total. The number of aryl methyl sites for hydroxylation is 1. The number of amides is 1. The second-order valence-corrected chi connectivity index (χ2v) is 6.25. The van der Waals surface area contributed by atoms with Crippen molar-refractivity contribution in [2.75, 3.05) is 23.8 Å². The molecule has 0 radical (unpaired) electrons. The summed E-state index contributed by atoms with van der Waals surface area (Å²) in [6.45, 7) is 2.84. The average molecular weight is 361 g/mol. The lowest BCUT2D eigenvalue weighted by Crippen LogP contribution is -2.23. The lowest BCUT2D eigenvalue weighted by molar-refractivity contribution is 0.102. The molecule has 2 aromatic heterocycles. The maximum atomic E-state index is 12.6. The van der Waals surface area contributed by atoms with Crippen molar-refractivity contribution < 1.29 is 4.79 Å². The molecule has 0 atom stereocenters. The van der Waals surface area contributed by atoms with Crippen LogP contribution in [0.25, 0.3) is 0 Å². The normalized spacial score (nSPS) is 10.4. The van der Waals surface area contributed by atoms with Crippen LogP contribution in [0.3, 0.4) is 0 Å². The molecule has 3 rings (SSSR count). The minimum absolute atomic E-state index is 0.234. The number of anilines is 2. The molecule has 6 nitrogen and oxygen atoms in total. The Kier molecular flexibility index (Phi) is 6.10. The first-order chi connectivity index (χ1) is 13.2. The van der Waals surface area contributed by atoms with E-state index < -0.39 is 0 Å². The van der Waals surface area contributed by atoms with Crippen molar-refractivity contribution in [3.05, 3.63) is 78.0 Å². The predicted molar refractivity (Wildman–Crippen MR) is 107 cm³/mol. The monoisotopic (exact) mass is 361 g/mol. The summed E-state index contributed by atoms with van der Waals surface area (Å²) in [6.07, 6.45) is 6.73. The summed E-state index contributed by atoms with van der Waals surface area (Å²) in [6, 6.07) is 13.5. The van der Waals surface area contributed by atoms with E-state index in [0.29, 0.717) is 11.5 Å². The van der Waals surface area contributed by atoms with Crippen LogP contribution in [0.2, 0.25) is 0 Å². The highest BCUT2D eigenvalue weighted by atomic mass is 16.1. The molecule has 0 unspecified atom stereocenters. The molecule has 0 aliphatic carbocycles. The van der Waals surface area contributed by atoms with E-state index in [1.54, 1.807) is 18.5 Å². The van der Waals surface area contributed by atoms with Crippen molar-refractivity contribution in [3.8, 4) is 0 Å². The summed E-state index contributed by atoms with van der Waals surface area (Å²) in [7, 11) is 1.96. The van der Waals surface area contributed by atoms with Gasteiger partial charge < -0.3 is 10.2 Å². The van der Waals surface area contributed by atoms with Gasteiger partial charge in [-0.15, -0.1) is 0 Å². The number of pyridine rings is 1. The summed E-state index contributed by atoms with van der Waals surface area (Å²) in [4.78, 5) is 27.1. The zero-order chi connectivity index (χ0) is 19.1. The SMILES string of the molecule is CCc1ccccc1NC(=O)c1cc(N(C)CCc2ccncc2)ncn1. The molecule has 138 valence electrons. The van der Waals surface area contributed by atoms with E-state index in [1.165, 1.54) is 11.9 Å². The number of hydrogen-bond donors (Lipinski definition) is 1. The highest BCUT2D eigenvalue weighted by Crippen LogP contribution is 2.17. The Hall–Kier alpha value is -3.28. The molecule has 6 heteroatoms. The van der Waals surface area contributed by atoms with Gasteiger partial charge in [0, 0.05) is 37.7 Å². The van der Waals surface area contributed by atoms with Gasteiger partial charge in [0.05, 0.1) is 0 Å². The van der Waals surface area contributed by atoms with Crippen LogP contribution in [0.1, 0.15) is 28.5 Å². The zero-order valence-corrected chi connectivity index (χ0v) is 15.6. The molecule has 27 heavy (non-hydrogen) atoms. The summed E-state index contributed by atoms with van der Waals surface area (Å²) < 4.78 is 0. The van der Waals surface area contributed by atoms with Crippen LogP contribution in [0.5, 0.6) is 0 Å². The Morgan fingerprint density at radius 2 is 1.89 bits per heavy atom. The topological polar surface area (TPSA) is 71.0 Å². The van der Waals surface area contributed by atoms with Crippen LogP contribution in [0.15, 0.2) is 61.2 Å². The standard InChI is InChI=1S/C21H23N5O/c1-3-17-6-4-5-7-18(17)25-21(27)19-14-20(24-15-23-19)26(2)13-10-16-8-11-22-12-9-16/h4-9,11-12,14-15H,3,10,13H2,1-2H3,(H,25,27). The Morgan fingerprint density at radius 3 is 2.67 bits per heavy atom. The fraction of sp³-hybridized carbons (Fsp3) is 0.238. The number of para-hydroxylation sites is 1. The number of hydrogen-bond acceptors (Lipinski definition) is 5. The number of benzene rings is 1. The second-order valence-electron chi connectivity index (χ2n) is 6.25. The first-order valence-electron chi connectivity index (χ1n) is 8.98. The molecular formula is C21H23N5O. The Labute approximate surface area is 159 Å². The minimum atomic E-state index is -0.234. The summed E-state index contributed by atoms with van der Waals surface area (Å²) in [5.41, 5.74) is 3.47. The molecule has 0 fully saturated rings. The van der Waals surface area contributed by atoms with E-state index in [2.05, 4.69) is 27.2 Å². The van der Waals surface area contributed by atoms with E-state index in [-0.39, 0.29) is 5.91 Å². The van der Waals surface area contributed by atoms with Crippen molar-refractivity contribution >= 4 is 17.4 Å². The quantitative estimate of drug-likeness (QED) is 0.699. The van der Waals surface area contributed by atoms with Gasteiger partial charge in [0.25, 0.3) is 5.91 Å². The van der Waals surface area contributed by atoms with Gasteiger partial charge in [0.15, 0.2) is 0 Å². The highest BCUT2D eigenvalue weighted by molar-refractivity contribution is 6.03. The van der Waals surface area contributed by atoms with Crippen molar-refractivity contribution in [1.82, 2.24) is 15.0 Å². The lowest BCUT2D eigenvalue weighted by Gasteiger charge is -2.18. The summed E-state index contributed by atoms with van der Waals surface area (Å²) in [5, 5.41) is 2.95. The third-order valence-electron chi connectivity index (χ3n) is 4.41. The predicted octanol–water partition coefficient (Wildman–Crippen LogP) is 3.37. The van der Waals surface area contributed by atoms with Gasteiger partial charge >= 0.3 is 0 Å². The maximum Gasteiger partial charge on any atom is 0.274 e. The van der Waals surface area contributed by atoms with Crippen LogP contribution in [-0.4, -0.2) is 34.5 Å². The number of carbonyl (C=O) groups excluding carboxylic acids is 1. The Balaban J connectivity index is 1.68. The molecule has 0 saturated carbocycles. The molecule has 0 bridgehead atoms. The van der Waals surface area contributed by atoms with Gasteiger partial charge in [-0.25, -0.2) is 9.97 Å². The number of carbonyl (C=O) groups is 1. The van der Waals surface area contributed by atoms with E-state index in [4.69, 9.17) is 0 Å². The molecule has 0 saturated heterocycles. The van der Waals surface area contributed by atoms with Gasteiger partial charge in [-0.3, -0.25) is 9.78 Å². The molecular weight excluding hydrogens is 338 g/mol. The van der Waals surface area contributed by atoms with Gasteiger partial charge in [-0.2, -0.15) is 0 Å². The van der Waals surface area contributed by atoms with Gasteiger partial charge in [-0.1, -0.05) is 25.1 Å². The van der Waals surface area contributed by atoms with Crippen molar-refractivity contribution in [3.63, 3.8) is 0 Å². The molecule has 2 heterocycles. The Morgan fingerprint density at radius 1 is 1.11 bits per heavy atom. The van der Waals surface area contributed by atoms with Gasteiger partial charge in [0.2, 0.25) is 0 Å². The first kappa shape index (κ1) is 18.5. The zero-order valence-electron chi connectivity index (χ0n) is 15.6. The first-order valence-corrected chi connectivity index (χ1v) is 8.98. The van der Waals surface area contributed by atoms with Crippen molar-refractivity contribution in [1.29, 1.82) is 0 Å².